The maximum atomic E-state index is 12.4. The number of unbranched alkanes of at least 4 members (excludes halogenated alkanes) is 15. The summed E-state index contributed by atoms with van der Waals surface area (Å²) in [7, 11) is 0. The van der Waals surface area contributed by atoms with Gasteiger partial charge in [0.25, 0.3) is 0 Å². The van der Waals surface area contributed by atoms with Crippen molar-refractivity contribution in [1.29, 1.82) is 0 Å². The van der Waals surface area contributed by atoms with E-state index < -0.39 is 0 Å². The molecule has 0 N–H and O–H groups in total. The predicted octanol–water partition coefficient (Wildman–Crippen LogP) is 8.67. The van der Waals surface area contributed by atoms with Gasteiger partial charge in [0.2, 0.25) is 5.91 Å². The molecule has 0 saturated carbocycles. The van der Waals surface area contributed by atoms with Crippen LogP contribution in [0.1, 0.15) is 127 Å². The lowest BCUT2D eigenvalue weighted by Gasteiger charge is -2.04. The summed E-state index contributed by atoms with van der Waals surface area (Å²) in [6.45, 7) is 2.25. The quantitative estimate of drug-likeness (QED) is 0.162. The summed E-state index contributed by atoms with van der Waals surface area (Å²) < 4.78 is 1.46. The van der Waals surface area contributed by atoms with Crippen LogP contribution >= 0.6 is 0 Å². The first-order valence-electron chi connectivity index (χ1n) is 13.3. The van der Waals surface area contributed by atoms with Gasteiger partial charge in [-0.1, -0.05) is 120 Å². The molecular weight excluding hydrogens is 394 g/mol. The molecule has 2 rings (SSSR count). The minimum Gasteiger partial charge on any atom is -0.273 e. The second kappa shape index (κ2) is 17.6. The van der Waals surface area contributed by atoms with E-state index in [1.807, 2.05) is 24.3 Å². The Kier molecular flexibility index (Phi) is 14.4. The van der Waals surface area contributed by atoms with Crippen LogP contribution in [0.15, 0.2) is 36.4 Å². The molecule has 0 unspecified atom stereocenters. The van der Waals surface area contributed by atoms with E-state index >= 15 is 0 Å². The Hall–Kier alpha value is -1.97. The number of benzene rings is 1. The molecule has 1 heterocycles. The normalized spacial score (nSPS) is 11.7. The maximum Gasteiger partial charge on any atom is 0.248 e. The van der Waals surface area contributed by atoms with Gasteiger partial charge in [0.1, 0.15) is 5.52 Å². The smallest absolute Gasteiger partial charge is 0.248 e. The fraction of sp³-hybridized carbons (Fsp3) is 0.679. The van der Waals surface area contributed by atoms with Crippen LogP contribution in [0.5, 0.6) is 0 Å². The van der Waals surface area contributed by atoms with Crippen LogP contribution in [0, 0.1) is 0 Å². The number of allylic oxidation sites excluding steroid dienone is 2. The zero-order valence-electron chi connectivity index (χ0n) is 20.4. The highest BCUT2D eigenvalue weighted by molar-refractivity contribution is 5.88. The second-order valence-corrected chi connectivity index (χ2v) is 9.13. The number of nitrogens with zero attached hydrogens (tertiary/aromatic N) is 3. The van der Waals surface area contributed by atoms with Crippen molar-refractivity contribution >= 4 is 16.9 Å². The highest BCUT2D eigenvalue weighted by atomic mass is 16.2. The Labute approximate surface area is 195 Å². The van der Waals surface area contributed by atoms with Gasteiger partial charge in [0.05, 0.1) is 5.52 Å². The van der Waals surface area contributed by atoms with Gasteiger partial charge in [-0.15, -0.1) is 5.10 Å². The van der Waals surface area contributed by atoms with Crippen molar-refractivity contribution < 1.29 is 4.79 Å². The molecule has 4 heteroatoms. The summed E-state index contributed by atoms with van der Waals surface area (Å²) in [6.07, 6.45) is 27.6. The van der Waals surface area contributed by atoms with E-state index in [4.69, 9.17) is 0 Å². The van der Waals surface area contributed by atoms with E-state index in [1.165, 1.54) is 101 Å². The molecule has 0 saturated heterocycles. The third-order valence-corrected chi connectivity index (χ3v) is 6.24. The second-order valence-electron chi connectivity index (χ2n) is 9.13. The Balaban J connectivity index is 1.33. The molecule has 1 aromatic heterocycles. The minimum atomic E-state index is 0.0575. The third-order valence-electron chi connectivity index (χ3n) is 6.24. The first-order chi connectivity index (χ1) is 15.8. The van der Waals surface area contributed by atoms with E-state index in [1.54, 1.807) is 0 Å². The van der Waals surface area contributed by atoms with E-state index in [-0.39, 0.29) is 5.91 Å². The van der Waals surface area contributed by atoms with Crippen LogP contribution in [0.2, 0.25) is 0 Å². The molecule has 0 amide bonds. The summed E-state index contributed by atoms with van der Waals surface area (Å²) in [5.74, 6) is 0.0575. The SMILES string of the molecule is CCCC/C=C/CCCCCCCCCCCCCCCC(=O)n1nnc2ccccc21. The number of para-hydroxylation sites is 1. The zero-order valence-corrected chi connectivity index (χ0v) is 20.4. The molecule has 1 aromatic carbocycles. The van der Waals surface area contributed by atoms with Crippen molar-refractivity contribution in [1.82, 2.24) is 15.0 Å². The Bertz CT molecular complexity index is 765. The van der Waals surface area contributed by atoms with E-state index in [0.717, 1.165) is 23.9 Å². The van der Waals surface area contributed by atoms with Gasteiger partial charge in [-0.2, -0.15) is 4.68 Å². The summed E-state index contributed by atoms with van der Waals surface area (Å²) in [4.78, 5) is 12.4. The highest BCUT2D eigenvalue weighted by Gasteiger charge is 2.10. The van der Waals surface area contributed by atoms with Crippen LogP contribution in [0.25, 0.3) is 11.0 Å². The summed E-state index contributed by atoms with van der Waals surface area (Å²) >= 11 is 0. The van der Waals surface area contributed by atoms with Crippen LogP contribution in [-0.4, -0.2) is 20.9 Å². The number of carbonyl (C=O) groups is 1. The predicted molar refractivity (Wildman–Crippen MR) is 136 cm³/mol. The van der Waals surface area contributed by atoms with Crippen molar-refractivity contribution in [3.05, 3.63) is 36.4 Å². The minimum absolute atomic E-state index is 0.0575. The number of hydrogen-bond acceptors (Lipinski definition) is 3. The first-order valence-corrected chi connectivity index (χ1v) is 13.3. The lowest BCUT2D eigenvalue weighted by molar-refractivity contribution is 0.0886. The Morgan fingerprint density at radius 1 is 0.750 bits per heavy atom. The number of aromatic nitrogens is 3. The van der Waals surface area contributed by atoms with Gasteiger partial charge in [-0.05, 0) is 37.8 Å². The van der Waals surface area contributed by atoms with E-state index in [0.29, 0.717) is 6.42 Å². The van der Waals surface area contributed by atoms with Crippen LogP contribution in [0.4, 0.5) is 0 Å². The molecule has 0 radical (unpaired) electrons. The van der Waals surface area contributed by atoms with Crippen LogP contribution < -0.4 is 0 Å². The molecular formula is C28H45N3O. The topological polar surface area (TPSA) is 47.8 Å². The van der Waals surface area contributed by atoms with E-state index in [2.05, 4.69) is 29.4 Å². The van der Waals surface area contributed by atoms with Gasteiger partial charge >= 0.3 is 0 Å². The van der Waals surface area contributed by atoms with Gasteiger partial charge in [0.15, 0.2) is 0 Å². The average molecular weight is 440 g/mol. The molecule has 0 bridgehead atoms. The summed E-state index contributed by atoms with van der Waals surface area (Å²) in [5.41, 5.74) is 1.60. The molecule has 178 valence electrons. The zero-order chi connectivity index (χ0) is 22.7. The average Bonchev–Trinajstić information content (AvgIpc) is 3.25. The number of rotatable bonds is 19. The standard InChI is InChI=1S/C28H45N3O/c1-2-3-4-5-6-7-8-9-10-11-12-13-14-15-16-17-18-19-20-25-28(32)31-27-24-22-21-23-26(27)29-30-31/h5-6,21-24H,2-4,7-20,25H2,1H3/b6-5+. The molecule has 2 aromatic rings. The maximum absolute atomic E-state index is 12.4. The Morgan fingerprint density at radius 3 is 1.91 bits per heavy atom. The molecule has 0 fully saturated rings. The molecule has 0 atom stereocenters. The fourth-order valence-corrected chi connectivity index (χ4v) is 4.20. The largest absolute Gasteiger partial charge is 0.273 e. The van der Waals surface area contributed by atoms with Crippen molar-refractivity contribution in [2.45, 2.75) is 122 Å². The first kappa shape index (κ1) is 26.3. The fourth-order valence-electron chi connectivity index (χ4n) is 4.20. The van der Waals surface area contributed by atoms with Crippen LogP contribution in [0.3, 0.4) is 0 Å². The Morgan fingerprint density at radius 2 is 1.28 bits per heavy atom. The molecule has 32 heavy (non-hydrogen) atoms. The number of hydrogen-bond donors (Lipinski definition) is 0. The van der Waals surface area contributed by atoms with Gasteiger partial charge in [0, 0.05) is 6.42 Å². The third kappa shape index (κ3) is 11.1. The van der Waals surface area contributed by atoms with Crippen molar-refractivity contribution in [3.8, 4) is 0 Å². The summed E-state index contributed by atoms with van der Waals surface area (Å²) in [5, 5.41) is 8.07. The van der Waals surface area contributed by atoms with Crippen molar-refractivity contribution in [3.63, 3.8) is 0 Å². The van der Waals surface area contributed by atoms with Gasteiger partial charge < -0.3 is 0 Å². The lowest BCUT2D eigenvalue weighted by Crippen LogP contribution is -2.12. The molecule has 0 aliphatic heterocycles. The molecule has 0 aliphatic rings. The van der Waals surface area contributed by atoms with Gasteiger partial charge in [-0.25, -0.2) is 0 Å². The molecule has 0 spiro atoms. The van der Waals surface area contributed by atoms with Crippen LogP contribution in [-0.2, 0) is 0 Å². The van der Waals surface area contributed by atoms with Crippen molar-refractivity contribution in [2.75, 3.05) is 0 Å². The molecule has 4 nitrogen and oxygen atoms in total. The van der Waals surface area contributed by atoms with Crippen molar-refractivity contribution in [2.24, 2.45) is 0 Å². The summed E-state index contributed by atoms with van der Waals surface area (Å²) in [6, 6.07) is 7.63. The number of fused-ring (bicyclic) bond motifs is 1. The highest BCUT2D eigenvalue weighted by Crippen LogP contribution is 2.15. The monoisotopic (exact) mass is 439 g/mol. The van der Waals surface area contributed by atoms with Gasteiger partial charge in [-0.3, -0.25) is 4.79 Å². The van der Waals surface area contributed by atoms with E-state index in [9.17, 15) is 4.79 Å². The number of carbonyl (C=O) groups excluding carboxylic acids is 1. The molecule has 0 aliphatic carbocycles. The lowest BCUT2D eigenvalue weighted by atomic mass is 10.0.